The fraction of sp³-hybridized carbons (Fsp3) is 0. The van der Waals surface area contributed by atoms with Crippen LogP contribution >= 0.6 is 0 Å². The van der Waals surface area contributed by atoms with Gasteiger partial charge in [-0.2, -0.15) is 5.26 Å². The first kappa shape index (κ1) is 13.8. The van der Waals surface area contributed by atoms with Crippen LogP contribution < -0.4 is 4.74 Å². The summed E-state index contributed by atoms with van der Waals surface area (Å²) in [5, 5.41) is 9.31. The van der Waals surface area contributed by atoms with E-state index in [9.17, 15) is 13.6 Å². The average Bonchev–Trinajstić information content (AvgIpc) is 2.97. The lowest BCUT2D eigenvalue weighted by molar-refractivity contribution is 0.112. The predicted octanol–water partition coefficient (Wildman–Crippen LogP) is 3.92. The lowest BCUT2D eigenvalue weighted by atomic mass is 10.1. The summed E-state index contributed by atoms with van der Waals surface area (Å²) in [4.78, 5) is 14.1. The van der Waals surface area contributed by atoms with Crippen LogP contribution in [0.3, 0.4) is 0 Å². The largest absolute Gasteiger partial charge is 0.453 e. The van der Waals surface area contributed by atoms with Gasteiger partial charge in [0.25, 0.3) is 0 Å². The summed E-state index contributed by atoms with van der Waals surface area (Å²) in [6.07, 6.45) is 2.07. The first-order valence-electron chi connectivity index (χ1n) is 6.26. The number of fused-ring (bicyclic) bond motifs is 1. The molecule has 0 atom stereocenters. The maximum atomic E-state index is 14.1. The Labute approximate surface area is 123 Å². The van der Waals surface area contributed by atoms with Crippen LogP contribution in [0, 0.1) is 23.0 Å². The smallest absolute Gasteiger partial charge is 0.174 e. The molecule has 0 fully saturated rings. The summed E-state index contributed by atoms with van der Waals surface area (Å²) in [6.45, 7) is 0. The second-order valence-electron chi connectivity index (χ2n) is 4.51. The van der Waals surface area contributed by atoms with Crippen molar-refractivity contribution in [3.8, 4) is 17.6 Å². The number of H-pyrrole nitrogens is 1. The van der Waals surface area contributed by atoms with E-state index in [-0.39, 0.29) is 22.6 Å². The van der Waals surface area contributed by atoms with Crippen molar-refractivity contribution in [1.29, 1.82) is 5.26 Å². The van der Waals surface area contributed by atoms with Crippen LogP contribution in [0.15, 0.2) is 36.5 Å². The van der Waals surface area contributed by atoms with Crippen molar-refractivity contribution in [2.45, 2.75) is 0 Å². The first-order valence-corrected chi connectivity index (χ1v) is 6.26. The van der Waals surface area contributed by atoms with Crippen molar-refractivity contribution in [3.05, 3.63) is 59.3 Å². The SMILES string of the molecule is N#Cc1cc(Oc2c(F)cc3[nH]ccc3c2C=O)ccc1F. The molecule has 1 N–H and O–H groups in total. The maximum Gasteiger partial charge on any atom is 0.174 e. The molecule has 1 aromatic heterocycles. The number of benzene rings is 2. The molecule has 0 aliphatic heterocycles. The molecule has 6 heteroatoms. The molecule has 0 aliphatic rings. The number of hydrogen-bond donors (Lipinski definition) is 1. The number of halogens is 2. The van der Waals surface area contributed by atoms with Crippen LogP contribution in [0.1, 0.15) is 15.9 Å². The summed E-state index contributed by atoms with van der Waals surface area (Å²) >= 11 is 0. The van der Waals surface area contributed by atoms with E-state index in [0.29, 0.717) is 17.2 Å². The molecule has 22 heavy (non-hydrogen) atoms. The van der Waals surface area contributed by atoms with Gasteiger partial charge in [-0.3, -0.25) is 4.79 Å². The summed E-state index contributed by atoms with van der Waals surface area (Å²) < 4.78 is 32.8. The molecule has 1 heterocycles. The highest BCUT2D eigenvalue weighted by Crippen LogP contribution is 2.33. The third-order valence-electron chi connectivity index (χ3n) is 3.20. The van der Waals surface area contributed by atoms with Gasteiger partial charge in [-0.15, -0.1) is 0 Å². The number of nitrogens with one attached hydrogen (secondary N) is 1. The van der Waals surface area contributed by atoms with E-state index in [1.165, 1.54) is 12.1 Å². The number of nitriles is 1. The second kappa shape index (κ2) is 5.30. The number of hydrogen-bond acceptors (Lipinski definition) is 3. The van der Waals surface area contributed by atoms with E-state index >= 15 is 0 Å². The summed E-state index contributed by atoms with van der Waals surface area (Å²) in [5.74, 6) is -1.64. The van der Waals surface area contributed by atoms with Gasteiger partial charge in [0.05, 0.1) is 11.1 Å². The standard InChI is InChI=1S/C16H8F2N2O2/c17-13-2-1-10(5-9(13)7-19)22-16-12(8-21)11-3-4-20-15(11)6-14(16)18/h1-6,8,20H. The average molecular weight is 298 g/mol. The Morgan fingerprint density at radius 3 is 2.73 bits per heavy atom. The monoisotopic (exact) mass is 298 g/mol. The van der Waals surface area contributed by atoms with Crippen LogP contribution in [-0.4, -0.2) is 11.3 Å². The normalized spacial score (nSPS) is 10.4. The number of carbonyl (C=O) groups excluding carboxylic acids is 1. The molecule has 3 aromatic rings. The van der Waals surface area contributed by atoms with Gasteiger partial charge in [0.1, 0.15) is 17.6 Å². The van der Waals surface area contributed by atoms with Gasteiger partial charge in [0.2, 0.25) is 0 Å². The quantitative estimate of drug-likeness (QED) is 0.745. The van der Waals surface area contributed by atoms with Gasteiger partial charge in [0.15, 0.2) is 17.9 Å². The van der Waals surface area contributed by atoms with Gasteiger partial charge in [-0.25, -0.2) is 8.78 Å². The number of nitrogens with zero attached hydrogens (tertiary/aromatic N) is 1. The Hall–Kier alpha value is -3.20. The molecule has 0 unspecified atom stereocenters. The third-order valence-corrected chi connectivity index (χ3v) is 3.20. The Kier molecular flexibility index (Phi) is 3.31. The highest BCUT2D eigenvalue weighted by Gasteiger charge is 2.17. The van der Waals surface area contributed by atoms with E-state index in [0.717, 1.165) is 12.1 Å². The zero-order valence-electron chi connectivity index (χ0n) is 11.1. The lowest BCUT2D eigenvalue weighted by Gasteiger charge is -2.10. The number of aldehydes is 1. The van der Waals surface area contributed by atoms with Gasteiger partial charge in [-0.05, 0) is 18.2 Å². The minimum atomic E-state index is -0.736. The Morgan fingerprint density at radius 2 is 2.00 bits per heavy atom. The van der Waals surface area contributed by atoms with Gasteiger partial charge >= 0.3 is 0 Å². The van der Waals surface area contributed by atoms with Crippen LogP contribution in [0.25, 0.3) is 10.9 Å². The van der Waals surface area contributed by atoms with Crippen molar-refractivity contribution in [1.82, 2.24) is 4.98 Å². The zero-order chi connectivity index (χ0) is 15.7. The highest BCUT2D eigenvalue weighted by molar-refractivity contribution is 6.00. The van der Waals surface area contributed by atoms with Crippen molar-refractivity contribution >= 4 is 17.2 Å². The zero-order valence-corrected chi connectivity index (χ0v) is 11.1. The Balaban J connectivity index is 2.13. The van der Waals surface area contributed by atoms with Crippen molar-refractivity contribution in [2.75, 3.05) is 0 Å². The third kappa shape index (κ3) is 2.19. The maximum absolute atomic E-state index is 14.1. The number of aromatic amines is 1. The van der Waals surface area contributed by atoms with Crippen molar-refractivity contribution in [2.24, 2.45) is 0 Å². The van der Waals surface area contributed by atoms with Gasteiger partial charge in [-0.1, -0.05) is 0 Å². The molecule has 0 amide bonds. The molecular weight excluding hydrogens is 290 g/mol. The number of ether oxygens (including phenoxy) is 1. The van der Waals surface area contributed by atoms with E-state index in [2.05, 4.69) is 4.98 Å². The van der Waals surface area contributed by atoms with E-state index in [1.54, 1.807) is 18.3 Å². The van der Waals surface area contributed by atoms with Crippen LogP contribution in [-0.2, 0) is 0 Å². The van der Waals surface area contributed by atoms with E-state index in [1.807, 2.05) is 0 Å². The molecule has 0 saturated heterocycles. The molecule has 0 spiro atoms. The molecule has 0 bridgehead atoms. The molecular formula is C16H8F2N2O2. The van der Waals surface area contributed by atoms with Crippen molar-refractivity contribution < 1.29 is 18.3 Å². The Bertz CT molecular complexity index is 926. The molecule has 3 rings (SSSR count). The fourth-order valence-electron chi connectivity index (χ4n) is 2.17. The van der Waals surface area contributed by atoms with E-state index in [4.69, 9.17) is 10.00 Å². The predicted molar refractivity (Wildman–Crippen MR) is 74.8 cm³/mol. The minimum Gasteiger partial charge on any atom is -0.453 e. The van der Waals surface area contributed by atoms with Crippen molar-refractivity contribution in [3.63, 3.8) is 0 Å². The van der Waals surface area contributed by atoms with Crippen LogP contribution in [0.2, 0.25) is 0 Å². The van der Waals surface area contributed by atoms with E-state index < -0.39 is 11.6 Å². The van der Waals surface area contributed by atoms with Gasteiger partial charge in [0, 0.05) is 29.2 Å². The summed E-state index contributed by atoms with van der Waals surface area (Å²) in [5.41, 5.74) is 0.274. The molecule has 0 radical (unpaired) electrons. The van der Waals surface area contributed by atoms with Crippen LogP contribution in [0.5, 0.6) is 11.5 Å². The highest BCUT2D eigenvalue weighted by atomic mass is 19.1. The Morgan fingerprint density at radius 1 is 1.18 bits per heavy atom. The fourth-order valence-corrected chi connectivity index (χ4v) is 2.17. The number of rotatable bonds is 3. The summed E-state index contributed by atoms with van der Waals surface area (Å²) in [6, 6.07) is 7.93. The topological polar surface area (TPSA) is 65.9 Å². The van der Waals surface area contributed by atoms with Crippen LogP contribution in [0.4, 0.5) is 8.78 Å². The van der Waals surface area contributed by atoms with Gasteiger partial charge < -0.3 is 9.72 Å². The molecule has 4 nitrogen and oxygen atoms in total. The number of aromatic nitrogens is 1. The molecule has 0 aliphatic carbocycles. The molecule has 2 aromatic carbocycles. The lowest BCUT2D eigenvalue weighted by Crippen LogP contribution is -1.96. The minimum absolute atomic E-state index is 0.0408. The number of carbonyl (C=O) groups is 1. The second-order valence-corrected chi connectivity index (χ2v) is 4.51. The first-order chi connectivity index (χ1) is 10.6. The molecule has 0 saturated carbocycles. The molecule has 108 valence electrons. The summed E-state index contributed by atoms with van der Waals surface area (Å²) in [7, 11) is 0.